The Morgan fingerprint density at radius 1 is 0.691 bits per heavy atom. The van der Waals surface area contributed by atoms with Gasteiger partial charge in [-0.05, 0) is 109 Å². The molecule has 25 N–H and O–H groups in total. The molecule has 36 nitrogen and oxygen atoms in total. The number of carbonyl (C=O) groups excluding carboxylic acids is 8. The highest BCUT2D eigenvalue weighted by Gasteiger charge is 2.51. The second-order valence-corrected chi connectivity index (χ2v) is 28.8. The minimum atomic E-state index is -2.34. The summed E-state index contributed by atoms with van der Waals surface area (Å²) in [7, 11) is 1.48. The van der Waals surface area contributed by atoms with Gasteiger partial charge in [0.25, 0.3) is 0 Å². The first kappa shape index (κ1) is 83.2. The molecule has 12 rings (SSSR count). The van der Waals surface area contributed by atoms with E-state index in [1.165, 1.54) is 25.2 Å². The summed E-state index contributed by atoms with van der Waals surface area (Å²) in [6.07, 6.45) is -17.9. The van der Waals surface area contributed by atoms with E-state index in [1.807, 2.05) is 13.8 Å². The lowest BCUT2D eigenvalue weighted by atomic mass is 9.82. The number of halogens is 2. The molecule has 8 amide bonds. The number of phenolic OH excluding ortho intramolecular Hbond substituents is 3. The van der Waals surface area contributed by atoms with Crippen LogP contribution in [0.4, 0.5) is 0 Å². The minimum Gasteiger partial charge on any atom is -0.508 e. The van der Waals surface area contributed by atoms with Crippen molar-refractivity contribution in [2.75, 3.05) is 52.9 Å². The molecule has 18 atom stereocenters. The van der Waals surface area contributed by atoms with E-state index in [9.17, 15) is 65.1 Å². The molecule has 7 heterocycles. The van der Waals surface area contributed by atoms with Crippen molar-refractivity contribution in [3.63, 3.8) is 0 Å². The number of hydrogen-bond donors (Lipinski definition) is 22. The van der Waals surface area contributed by atoms with Gasteiger partial charge < -0.3 is 145 Å². The summed E-state index contributed by atoms with van der Waals surface area (Å²) in [5.41, 5.74) is 14.4. The number of aliphatic hydroxyl groups is 6. The zero-order valence-corrected chi connectivity index (χ0v) is 61.7. The average Bonchev–Trinajstić information content (AvgIpc) is 0.762. The van der Waals surface area contributed by atoms with Crippen LogP contribution < -0.4 is 84.6 Å². The number of phenols is 3. The lowest BCUT2D eigenvalue weighted by Gasteiger charge is -2.47. The van der Waals surface area contributed by atoms with Crippen LogP contribution in [-0.4, -0.2) is 219 Å². The van der Waals surface area contributed by atoms with Gasteiger partial charge in [-0.3, -0.25) is 38.4 Å². The van der Waals surface area contributed by atoms with E-state index >= 15 is 19.2 Å². The molecule has 0 aliphatic carbocycles. The molecule has 7 aliphatic rings. The highest BCUT2D eigenvalue weighted by Crippen LogP contribution is 2.50. The summed E-state index contributed by atoms with van der Waals surface area (Å²) in [6.45, 7) is 7.85. The van der Waals surface area contributed by atoms with Gasteiger partial charge in [0.1, 0.15) is 95.5 Å². The summed E-state index contributed by atoms with van der Waals surface area (Å²) in [5.74, 6) is -15.4. The van der Waals surface area contributed by atoms with Gasteiger partial charge in [-0.1, -0.05) is 62.2 Å². The summed E-state index contributed by atoms with van der Waals surface area (Å²) < 4.78 is 38.3. The number of fused-ring (bicyclic) bond motifs is 15. The third kappa shape index (κ3) is 19.0. The molecule has 5 aromatic rings. The molecule has 5 aromatic carbocycles. The molecule has 7 aliphatic heterocycles. The van der Waals surface area contributed by atoms with Crippen molar-refractivity contribution >= 4 is 70.5 Å². The monoisotopic (exact) mass is 1580 g/mol. The third-order valence-electron chi connectivity index (χ3n) is 19.5. The van der Waals surface area contributed by atoms with Gasteiger partial charge in [0, 0.05) is 74.3 Å². The molecule has 0 radical (unpaired) electrons. The molecule has 596 valence electrons. The number of primary amides is 1. The fraction of sp³-hybridized carbons (Fsp3) is 0.472. The average molecular weight is 1580 g/mol. The van der Waals surface area contributed by atoms with Crippen molar-refractivity contribution in [2.45, 2.75) is 150 Å². The Kier molecular flexibility index (Phi) is 27.1. The Balaban J connectivity index is 1.21. The van der Waals surface area contributed by atoms with Gasteiger partial charge >= 0.3 is 0 Å². The van der Waals surface area contributed by atoms with E-state index in [1.54, 1.807) is 13.8 Å². The maximum absolute atomic E-state index is 16.2. The molecule has 0 spiro atoms. The highest BCUT2D eigenvalue weighted by atomic mass is 35.5. The van der Waals surface area contributed by atoms with Crippen molar-refractivity contribution < 1.29 is 113 Å². The Bertz CT molecular complexity index is 4260. The third-order valence-corrected chi connectivity index (χ3v) is 20.1. The number of aromatic hydroxyl groups is 3. The molecule has 38 heteroatoms. The second kappa shape index (κ2) is 35.8. The topological polar surface area (TPSA) is 572 Å². The number of amides is 8. The highest BCUT2D eigenvalue weighted by molar-refractivity contribution is 6.32. The van der Waals surface area contributed by atoms with E-state index in [0.717, 1.165) is 60.7 Å². The summed E-state index contributed by atoms with van der Waals surface area (Å²) in [5, 5.41) is 131. The first-order chi connectivity index (χ1) is 52.2. The zero-order chi connectivity index (χ0) is 79.9. The van der Waals surface area contributed by atoms with Crippen LogP contribution in [0.3, 0.4) is 0 Å². The van der Waals surface area contributed by atoms with E-state index in [2.05, 4.69) is 53.2 Å². The number of nitrogens with one attached hydrogen (secondary N) is 10. The summed E-state index contributed by atoms with van der Waals surface area (Å²) >= 11 is 14.3. The zero-order valence-electron chi connectivity index (χ0n) is 60.2. The van der Waals surface area contributed by atoms with E-state index < -0.39 is 220 Å². The number of benzene rings is 5. The number of ether oxygens (including phenoxy) is 6. The molecule has 2 fully saturated rings. The van der Waals surface area contributed by atoms with Gasteiger partial charge in [0.15, 0.2) is 30.2 Å². The van der Waals surface area contributed by atoms with Crippen molar-refractivity contribution in [1.29, 1.82) is 0 Å². The molecular weight excluding hydrogens is 1490 g/mol. The molecule has 0 unspecified atom stereocenters. The Morgan fingerprint density at radius 3 is 1.91 bits per heavy atom. The fourth-order valence-corrected chi connectivity index (χ4v) is 13.7. The lowest BCUT2D eigenvalue weighted by molar-refractivity contribution is -0.348. The van der Waals surface area contributed by atoms with Crippen LogP contribution in [0.5, 0.6) is 46.0 Å². The van der Waals surface area contributed by atoms with E-state index in [4.69, 9.17) is 68.8 Å². The lowest BCUT2D eigenvalue weighted by Crippen LogP contribution is -2.63. The van der Waals surface area contributed by atoms with Crippen LogP contribution in [0.15, 0.2) is 78.9 Å². The van der Waals surface area contributed by atoms with Crippen molar-refractivity contribution in [2.24, 2.45) is 29.0 Å². The van der Waals surface area contributed by atoms with Crippen LogP contribution in [-0.2, 0) is 52.6 Å². The normalized spacial score (nSPS) is 28.0. The van der Waals surface area contributed by atoms with Crippen molar-refractivity contribution in [3.05, 3.63) is 117 Å². The van der Waals surface area contributed by atoms with Gasteiger partial charge in [-0.2, -0.15) is 0 Å². The summed E-state index contributed by atoms with van der Waals surface area (Å²) in [4.78, 5) is 120. The molecule has 0 aromatic heterocycles. The number of likely N-dealkylation sites (N-methyl/N-ethyl adjacent to an activating group) is 1. The van der Waals surface area contributed by atoms with Crippen LogP contribution in [0.25, 0.3) is 11.1 Å². The maximum Gasteiger partial charge on any atom is 0.248 e. The molecule has 110 heavy (non-hydrogen) atoms. The van der Waals surface area contributed by atoms with Gasteiger partial charge in [-0.25, -0.2) is 0 Å². The van der Waals surface area contributed by atoms with Gasteiger partial charge in [0.05, 0.1) is 29.1 Å². The van der Waals surface area contributed by atoms with Crippen LogP contribution >= 0.6 is 23.2 Å². The Hall–Kier alpha value is -9.32. The predicted octanol–water partition coefficient (Wildman–Crippen LogP) is -1.52. The number of nitrogens with two attached hydrogens (primary N) is 3. The second-order valence-electron chi connectivity index (χ2n) is 28.0. The molecular formula is C72H91Cl2N13O23. The first-order valence-corrected chi connectivity index (χ1v) is 36.1. The number of carbonyl (C=O) groups is 8. The van der Waals surface area contributed by atoms with E-state index in [-0.39, 0.29) is 76.2 Å². The quantitative estimate of drug-likeness (QED) is 0.0371. The molecule has 2 saturated heterocycles. The van der Waals surface area contributed by atoms with Gasteiger partial charge in [-0.15, -0.1) is 0 Å². The van der Waals surface area contributed by atoms with Crippen LogP contribution in [0, 0.1) is 11.8 Å². The van der Waals surface area contributed by atoms with Crippen molar-refractivity contribution in [1.82, 2.24) is 53.2 Å². The standard InChI is InChI=1S/C72H91Cl2N13O23/c1-29(2)18-40(78-5)63(97)86-55-57(93)32-7-10-44(38(73)20-32)105-46-22-34-23-47(61(46)110-71-62(60(96)59(95)48(28-88)107-71)108-50-27-72(4,77)30(3)70(104)109-50)106-45-11-8-33(21-39(45)74)58(94)56-69(103)85-54(65(99)81-17-16-80-15-14-79-13-12-75)37-24-35(89)25-43(91)51(37)36-19-31(6-9-42(36)90)52(66(100)87-56)84-67(101)53(34)83-64(98)41(26-49(76)92)82-68(55)102/h6-11,19-25,29-30,40-41,48,50,52-60,62,70-71,78-80,88-91,93-96,104H,12-18,26-28,75,77H2,1-5H3,(H2,76,92)(H,81,99)(H,82,102)(H,83,98)(H,84,101)(H,85,103)(H,86,97)(H,87,100)/t30-,40-,41+,48+,50-,52-,53-,54+,55-,56+,57-,58-,59+,60-,62+,70-,71-,72+/m1/s1. The maximum atomic E-state index is 16.2. The number of aliphatic hydroxyl groups excluding tert-OH is 6. The number of rotatable bonds is 21. The smallest absolute Gasteiger partial charge is 0.248 e. The number of hydrogen-bond acceptors (Lipinski definition) is 28. The van der Waals surface area contributed by atoms with Crippen LogP contribution in [0.2, 0.25) is 10.0 Å². The van der Waals surface area contributed by atoms with E-state index in [0.29, 0.717) is 26.2 Å². The Labute approximate surface area is 639 Å². The molecule has 11 bridgehead atoms. The minimum absolute atomic E-state index is 0.0906. The predicted molar refractivity (Wildman–Crippen MR) is 389 cm³/mol. The van der Waals surface area contributed by atoms with Crippen LogP contribution in [0.1, 0.15) is 105 Å². The fourth-order valence-electron chi connectivity index (χ4n) is 13.2. The molecule has 0 saturated carbocycles. The van der Waals surface area contributed by atoms with Crippen molar-refractivity contribution in [3.8, 4) is 57.1 Å². The summed E-state index contributed by atoms with van der Waals surface area (Å²) in [6, 6.07) is 0.300. The first-order valence-electron chi connectivity index (χ1n) is 35.3. The Morgan fingerprint density at radius 2 is 1.30 bits per heavy atom. The SMILES string of the molecule is CN[C@H](CC(C)C)C(=O)N[C@H]1C(=O)N[C@@H](CC(N)=O)C(=O)N[C@H]2C(=O)N[C@H]3C(=O)N[C@H](C(=O)N[C@H](C(=O)NCCNCCNCCN)c4cc(O)cc(O)c4-c4cc3ccc4O)[C@H](O)c3ccc(c(Cl)c3)Oc3cc2cc(c3O[C@H]2O[C@@H](CO)[C@H](O)[C@@H](O)[C@@H]2O[C@H]2C[C@](C)(N)[C@H](C)[C@H](O)O2)Oc2ccc(cc2Cl)[C@H]1O. The largest absolute Gasteiger partial charge is 0.508 e. The van der Waals surface area contributed by atoms with Gasteiger partial charge in [0.2, 0.25) is 59.3 Å².